The molecule has 0 aliphatic heterocycles. The van der Waals surface area contributed by atoms with Crippen molar-refractivity contribution in [3.63, 3.8) is 0 Å². The summed E-state index contributed by atoms with van der Waals surface area (Å²) in [7, 11) is 1.57. The molecule has 10 heteroatoms. The first kappa shape index (κ1) is 23.0. The van der Waals surface area contributed by atoms with E-state index in [-0.39, 0.29) is 17.1 Å². The molecule has 0 atom stereocenters. The van der Waals surface area contributed by atoms with Gasteiger partial charge in [-0.15, -0.1) is 0 Å². The molecule has 0 saturated carbocycles. The molecule has 0 amide bonds. The largest absolute Gasteiger partial charge is 0.350 e. The van der Waals surface area contributed by atoms with Crippen molar-refractivity contribution in [2.75, 3.05) is 24.5 Å². The van der Waals surface area contributed by atoms with E-state index in [0.29, 0.717) is 36.5 Å². The molecule has 2 N–H and O–H groups in total. The Bertz CT molecular complexity index is 1140. The Balaban J connectivity index is 2.03. The summed E-state index contributed by atoms with van der Waals surface area (Å²) in [5, 5.41) is 13.6. The minimum absolute atomic E-state index is 0.198. The molecule has 0 aliphatic carbocycles. The number of hydrogen-bond acceptors (Lipinski definition) is 7. The molecular formula is C22H23F2N7O. The van der Waals surface area contributed by atoms with E-state index in [4.69, 9.17) is 5.73 Å². The van der Waals surface area contributed by atoms with Crippen molar-refractivity contribution in [3.8, 4) is 17.5 Å². The summed E-state index contributed by atoms with van der Waals surface area (Å²) in [6.07, 6.45) is 1.39. The molecule has 2 aromatic heterocycles. The van der Waals surface area contributed by atoms with Crippen LogP contribution in [0.5, 0.6) is 0 Å². The van der Waals surface area contributed by atoms with Crippen LogP contribution in [0.3, 0.4) is 0 Å². The molecule has 0 fully saturated rings. The topological polar surface area (TPSA) is 114 Å². The van der Waals surface area contributed by atoms with Crippen molar-refractivity contribution in [1.29, 1.82) is 5.26 Å². The number of carbonyl (C=O) groups is 1. The van der Waals surface area contributed by atoms with Gasteiger partial charge in [0.05, 0.1) is 18.2 Å². The molecule has 2 heterocycles. The van der Waals surface area contributed by atoms with E-state index in [1.165, 1.54) is 21.7 Å². The fourth-order valence-corrected chi connectivity index (χ4v) is 3.29. The van der Waals surface area contributed by atoms with E-state index in [1.54, 1.807) is 38.5 Å². The molecule has 32 heavy (non-hydrogen) atoms. The second-order valence-electron chi connectivity index (χ2n) is 7.10. The van der Waals surface area contributed by atoms with Gasteiger partial charge in [-0.05, 0) is 43.7 Å². The molecule has 3 aromatic rings. The Morgan fingerprint density at radius 1 is 1.28 bits per heavy atom. The van der Waals surface area contributed by atoms with Crippen molar-refractivity contribution < 1.29 is 13.6 Å². The lowest BCUT2D eigenvalue weighted by atomic mass is 9.98. The first-order chi connectivity index (χ1) is 15.4. The van der Waals surface area contributed by atoms with E-state index >= 15 is 0 Å². The van der Waals surface area contributed by atoms with Gasteiger partial charge in [0.25, 0.3) is 6.43 Å². The van der Waals surface area contributed by atoms with Gasteiger partial charge in [0.2, 0.25) is 5.78 Å². The zero-order valence-electron chi connectivity index (χ0n) is 17.8. The number of aryl methyl sites for hydroxylation is 1. The maximum Gasteiger partial charge on any atom is 0.255 e. The van der Waals surface area contributed by atoms with Gasteiger partial charge in [-0.1, -0.05) is 0 Å². The highest BCUT2D eigenvalue weighted by molar-refractivity contribution is 6.12. The molecule has 0 spiro atoms. The van der Waals surface area contributed by atoms with Crippen molar-refractivity contribution >= 4 is 11.6 Å². The van der Waals surface area contributed by atoms with Crippen LogP contribution < -0.4 is 10.6 Å². The van der Waals surface area contributed by atoms with Gasteiger partial charge < -0.3 is 10.6 Å². The number of ketones is 1. The van der Waals surface area contributed by atoms with E-state index in [0.717, 1.165) is 5.56 Å². The standard InChI is InChI=1S/C22H23F2N7O/c1-3-31(13-19(23)24)20-9-18(30(2)29-20)21(32)17-8-14(10-26)4-5-16(17)22-27-11-15(6-7-25)12-28-22/h4-5,8-9,11-12,19H,3,6-7,13,25H2,1-2H3. The van der Waals surface area contributed by atoms with Crippen LogP contribution in [0.25, 0.3) is 11.4 Å². The van der Waals surface area contributed by atoms with Gasteiger partial charge in [0.1, 0.15) is 5.69 Å². The Hall–Kier alpha value is -3.71. The number of rotatable bonds is 9. The van der Waals surface area contributed by atoms with Crippen LogP contribution in [0.4, 0.5) is 14.6 Å². The van der Waals surface area contributed by atoms with E-state index in [9.17, 15) is 18.8 Å². The molecular weight excluding hydrogens is 416 g/mol. The van der Waals surface area contributed by atoms with Crippen LogP contribution in [-0.4, -0.2) is 51.6 Å². The molecule has 1 aromatic carbocycles. The van der Waals surface area contributed by atoms with Crippen LogP contribution in [0, 0.1) is 11.3 Å². The summed E-state index contributed by atoms with van der Waals surface area (Å²) in [5.74, 6) is 0.189. The van der Waals surface area contributed by atoms with Crippen molar-refractivity contribution in [2.45, 2.75) is 19.8 Å². The number of benzene rings is 1. The molecule has 0 aliphatic rings. The molecule has 0 radical (unpaired) electrons. The summed E-state index contributed by atoms with van der Waals surface area (Å²) < 4.78 is 27.1. The molecule has 0 saturated heterocycles. The smallest absolute Gasteiger partial charge is 0.255 e. The second kappa shape index (κ2) is 10.1. The van der Waals surface area contributed by atoms with E-state index in [2.05, 4.69) is 15.1 Å². The van der Waals surface area contributed by atoms with Crippen LogP contribution in [0.1, 0.15) is 34.1 Å². The number of nitriles is 1. The fraction of sp³-hybridized carbons (Fsp3) is 0.318. The minimum Gasteiger partial charge on any atom is -0.350 e. The molecule has 3 rings (SSSR count). The number of nitrogens with zero attached hydrogens (tertiary/aromatic N) is 6. The molecule has 166 valence electrons. The number of aromatic nitrogens is 4. The number of halogens is 2. The first-order valence-electron chi connectivity index (χ1n) is 10.0. The van der Waals surface area contributed by atoms with Crippen LogP contribution in [0.15, 0.2) is 36.7 Å². The average molecular weight is 439 g/mol. The lowest BCUT2D eigenvalue weighted by Gasteiger charge is -2.19. The summed E-state index contributed by atoms with van der Waals surface area (Å²) in [4.78, 5) is 23.5. The first-order valence-corrected chi connectivity index (χ1v) is 10.0. The summed E-state index contributed by atoms with van der Waals surface area (Å²) in [6, 6.07) is 8.17. The van der Waals surface area contributed by atoms with Crippen LogP contribution >= 0.6 is 0 Å². The number of hydrogen-bond donors (Lipinski definition) is 1. The highest BCUT2D eigenvalue weighted by Crippen LogP contribution is 2.26. The Labute approximate surface area is 184 Å². The quantitative estimate of drug-likeness (QED) is 0.510. The van der Waals surface area contributed by atoms with Gasteiger partial charge >= 0.3 is 0 Å². The SMILES string of the molecule is CCN(CC(F)F)c1cc(C(=O)c2cc(C#N)ccc2-c2ncc(CCN)cn2)n(C)n1. The molecule has 0 bridgehead atoms. The van der Waals surface area contributed by atoms with Crippen LogP contribution in [-0.2, 0) is 13.5 Å². The minimum atomic E-state index is -2.53. The molecule has 8 nitrogen and oxygen atoms in total. The zero-order valence-corrected chi connectivity index (χ0v) is 17.8. The highest BCUT2D eigenvalue weighted by atomic mass is 19.3. The maximum atomic E-state index is 13.4. The predicted molar refractivity (Wildman–Crippen MR) is 115 cm³/mol. The fourth-order valence-electron chi connectivity index (χ4n) is 3.29. The van der Waals surface area contributed by atoms with E-state index in [1.807, 2.05) is 6.07 Å². The predicted octanol–water partition coefficient (Wildman–Crippen LogP) is 2.57. The van der Waals surface area contributed by atoms with E-state index < -0.39 is 18.8 Å². The molecule has 0 unspecified atom stereocenters. The van der Waals surface area contributed by atoms with Crippen LogP contribution in [0.2, 0.25) is 0 Å². The Morgan fingerprint density at radius 2 is 2.00 bits per heavy atom. The van der Waals surface area contributed by atoms with Gasteiger partial charge in [-0.2, -0.15) is 10.4 Å². The second-order valence-corrected chi connectivity index (χ2v) is 7.10. The lowest BCUT2D eigenvalue weighted by molar-refractivity contribution is 0.103. The van der Waals surface area contributed by atoms with Gasteiger partial charge in [0.15, 0.2) is 11.6 Å². The zero-order chi connectivity index (χ0) is 23.3. The number of alkyl halides is 2. The van der Waals surface area contributed by atoms with Gasteiger partial charge in [-0.3, -0.25) is 9.48 Å². The third-order valence-corrected chi connectivity index (χ3v) is 4.94. The summed E-state index contributed by atoms with van der Waals surface area (Å²) in [6.45, 7) is 2.03. The normalized spacial score (nSPS) is 10.9. The highest BCUT2D eigenvalue weighted by Gasteiger charge is 2.23. The van der Waals surface area contributed by atoms with Gasteiger partial charge in [0, 0.05) is 43.2 Å². The third kappa shape index (κ3) is 4.95. The lowest BCUT2D eigenvalue weighted by Crippen LogP contribution is -2.28. The number of anilines is 1. The average Bonchev–Trinajstić information content (AvgIpc) is 3.18. The monoisotopic (exact) mass is 439 g/mol. The Kier molecular flexibility index (Phi) is 7.22. The maximum absolute atomic E-state index is 13.4. The van der Waals surface area contributed by atoms with Crippen molar-refractivity contribution in [1.82, 2.24) is 19.7 Å². The third-order valence-electron chi connectivity index (χ3n) is 4.94. The van der Waals surface area contributed by atoms with Crippen molar-refractivity contribution in [2.24, 2.45) is 12.8 Å². The number of carbonyl (C=O) groups excluding carboxylic acids is 1. The van der Waals surface area contributed by atoms with Crippen molar-refractivity contribution in [3.05, 3.63) is 59.0 Å². The number of nitrogens with two attached hydrogens (primary N) is 1. The van der Waals surface area contributed by atoms with Gasteiger partial charge in [-0.25, -0.2) is 18.7 Å². The summed E-state index contributed by atoms with van der Waals surface area (Å²) >= 11 is 0. The summed E-state index contributed by atoms with van der Waals surface area (Å²) in [5.41, 5.74) is 7.60. The Morgan fingerprint density at radius 3 is 2.59 bits per heavy atom.